The second-order valence-corrected chi connectivity index (χ2v) is 7.64. The quantitative estimate of drug-likeness (QED) is 0.324. The van der Waals surface area contributed by atoms with Crippen LogP contribution < -0.4 is 15.8 Å². The molecule has 1 aromatic heterocycles. The van der Waals surface area contributed by atoms with E-state index in [2.05, 4.69) is 20.7 Å². The average Bonchev–Trinajstić information content (AvgIpc) is 2.81. The molecule has 1 aliphatic rings. The van der Waals surface area contributed by atoms with Crippen LogP contribution in [0.1, 0.15) is 0 Å². The maximum absolute atomic E-state index is 13.0. The molecule has 0 unspecified atom stereocenters. The molecule has 0 amide bonds. The summed E-state index contributed by atoms with van der Waals surface area (Å²) in [6.07, 6.45) is 3.85. The molecule has 8 nitrogen and oxygen atoms in total. The number of anilines is 3. The van der Waals surface area contributed by atoms with Gasteiger partial charge in [-0.3, -0.25) is 0 Å². The largest absolute Gasteiger partial charge is 0.378 e. The lowest BCUT2D eigenvalue weighted by Gasteiger charge is -2.29. The standard InChI is InChI=1S/C21H22FN6O2S/c1-31-19-14-23-20(24-21(19)27-10-12-30-13-11-27)15-2-6-17(7-3-15)25-28(29)26-18-8-4-16(22)5-9-18/h2-9,14H,10-13H2,1H3,(H2,25,26,29)/q+1. The molecule has 160 valence electrons. The number of hydrazine groups is 2. The SMILES string of the molecule is CSc1cnc(-c2ccc(N[N+](=O)Nc3ccc(F)cc3)cc2)nc1N1CCOCC1. The molecule has 0 atom stereocenters. The summed E-state index contributed by atoms with van der Waals surface area (Å²) in [5.41, 5.74) is 7.15. The van der Waals surface area contributed by atoms with Crippen LogP contribution in [0, 0.1) is 10.7 Å². The average molecular weight is 442 g/mol. The number of ether oxygens (including phenoxy) is 1. The fourth-order valence-corrected chi connectivity index (χ4v) is 3.64. The molecule has 1 fully saturated rings. The smallest absolute Gasteiger partial charge is 0.255 e. The van der Waals surface area contributed by atoms with Gasteiger partial charge in [0, 0.05) is 24.8 Å². The van der Waals surface area contributed by atoms with Crippen molar-refractivity contribution in [2.24, 2.45) is 0 Å². The Morgan fingerprint density at radius 2 is 1.65 bits per heavy atom. The van der Waals surface area contributed by atoms with Gasteiger partial charge in [-0.05, 0) is 54.8 Å². The fourth-order valence-electron chi connectivity index (χ4n) is 3.13. The second kappa shape index (κ2) is 9.71. The third kappa shape index (κ3) is 5.28. The first-order valence-electron chi connectivity index (χ1n) is 9.72. The molecule has 2 heterocycles. The summed E-state index contributed by atoms with van der Waals surface area (Å²) in [5.74, 6) is 1.17. The van der Waals surface area contributed by atoms with Crippen molar-refractivity contribution in [2.45, 2.75) is 4.90 Å². The zero-order chi connectivity index (χ0) is 21.6. The van der Waals surface area contributed by atoms with Crippen LogP contribution in [0.2, 0.25) is 0 Å². The number of halogens is 1. The molecule has 0 aliphatic carbocycles. The highest BCUT2D eigenvalue weighted by atomic mass is 32.2. The number of nitroso groups, excluding NO2 is 1. The summed E-state index contributed by atoms with van der Waals surface area (Å²) >= 11 is 1.62. The Kier molecular flexibility index (Phi) is 6.58. The number of aromatic nitrogens is 2. The van der Waals surface area contributed by atoms with E-state index in [-0.39, 0.29) is 5.82 Å². The van der Waals surface area contributed by atoms with E-state index in [9.17, 15) is 9.30 Å². The van der Waals surface area contributed by atoms with Gasteiger partial charge in [0.2, 0.25) is 0 Å². The maximum Gasteiger partial charge on any atom is 0.255 e. The number of nitrogens with zero attached hydrogens (tertiary/aromatic N) is 4. The van der Waals surface area contributed by atoms with E-state index in [0.717, 1.165) is 29.4 Å². The number of hydrogen-bond acceptors (Lipinski definition) is 6. The zero-order valence-electron chi connectivity index (χ0n) is 16.9. The van der Waals surface area contributed by atoms with Gasteiger partial charge in [0.1, 0.15) is 23.0 Å². The van der Waals surface area contributed by atoms with Crippen molar-refractivity contribution in [3.8, 4) is 11.4 Å². The second-order valence-electron chi connectivity index (χ2n) is 6.79. The molecule has 0 spiro atoms. The molecule has 2 aromatic carbocycles. The lowest BCUT2D eigenvalue weighted by Crippen LogP contribution is -2.37. The van der Waals surface area contributed by atoms with Gasteiger partial charge in [-0.1, -0.05) is 10.9 Å². The zero-order valence-corrected chi connectivity index (χ0v) is 17.7. The number of nitrogens with one attached hydrogen (secondary N) is 2. The first-order chi connectivity index (χ1) is 15.1. The Labute approximate surface area is 183 Å². The van der Waals surface area contributed by atoms with Crippen molar-refractivity contribution in [1.82, 2.24) is 9.97 Å². The summed E-state index contributed by atoms with van der Waals surface area (Å²) in [5, 5.41) is 0. The lowest BCUT2D eigenvalue weighted by molar-refractivity contribution is -0.485. The summed E-state index contributed by atoms with van der Waals surface area (Å²) in [6.45, 7) is 2.97. The van der Waals surface area contributed by atoms with E-state index >= 15 is 0 Å². The first-order valence-corrected chi connectivity index (χ1v) is 10.9. The number of benzene rings is 2. The molecule has 0 radical (unpaired) electrons. The van der Waals surface area contributed by atoms with Crippen molar-refractivity contribution < 1.29 is 14.1 Å². The minimum absolute atomic E-state index is 0.365. The molecular formula is C21H22FN6O2S+. The van der Waals surface area contributed by atoms with Crippen LogP contribution in [0.4, 0.5) is 21.6 Å². The molecule has 0 bridgehead atoms. The van der Waals surface area contributed by atoms with Crippen LogP contribution in [0.5, 0.6) is 0 Å². The molecule has 10 heteroatoms. The van der Waals surface area contributed by atoms with Crippen molar-refractivity contribution in [2.75, 3.05) is 48.3 Å². The van der Waals surface area contributed by atoms with Crippen LogP contribution in [0.25, 0.3) is 11.4 Å². The molecule has 1 aliphatic heterocycles. The summed E-state index contributed by atoms with van der Waals surface area (Å²) in [7, 11) is 0. The van der Waals surface area contributed by atoms with Gasteiger partial charge in [0.25, 0.3) is 4.98 Å². The Balaban J connectivity index is 1.46. The van der Waals surface area contributed by atoms with Crippen molar-refractivity contribution in [3.05, 3.63) is 65.5 Å². The predicted octanol–water partition coefficient (Wildman–Crippen LogP) is 3.97. The van der Waals surface area contributed by atoms with Gasteiger partial charge in [-0.25, -0.2) is 14.4 Å². The molecule has 31 heavy (non-hydrogen) atoms. The molecular weight excluding hydrogens is 419 g/mol. The minimum Gasteiger partial charge on any atom is -0.378 e. The van der Waals surface area contributed by atoms with Crippen LogP contribution in [0.15, 0.2) is 59.6 Å². The van der Waals surface area contributed by atoms with E-state index in [4.69, 9.17) is 9.72 Å². The fraction of sp³-hybridized carbons (Fsp3) is 0.238. The Morgan fingerprint density at radius 1 is 1.03 bits per heavy atom. The van der Waals surface area contributed by atoms with E-state index in [0.29, 0.717) is 35.4 Å². The molecule has 3 aromatic rings. The lowest BCUT2D eigenvalue weighted by atomic mass is 10.2. The molecule has 4 rings (SSSR count). The van der Waals surface area contributed by atoms with Gasteiger partial charge in [0.15, 0.2) is 5.82 Å². The van der Waals surface area contributed by atoms with Crippen LogP contribution in [0.3, 0.4) is 0 Å². The Hall–Kier alpha value is -3.24. The number of thioether (sulfide) groups is 1. The molecule has 1 saturated heterocycles. The van der Waals surface area contributed by atoms with E-state index in [1.165, 1.54) is 24.3 Å². The van der Waals surface area contributed by atoms with Crippen LogP contribution in [-0.2, 0) is 4.74 Å². The van der Waals surface area contributed by atoms with Gasteiger partial charge in [-0.15, -0.1) is 11.8 Å². The normalized spacial score (nSPS) is 13.7. The topological polar surface area (TPSA) is 82.4 Å². The van der Waals surface area contributed by atoms with Crippen molar-refractivity contribution in [1.29, 1.82) is 0 Å². The predicted molar refractivity (Wildman–Crippen MR) is 120 cm³/mol. The Bertz CT molecular complexity index is 1040. The molecule has 0 saturated carbocycles. The van der Waals surface area contributed by atoms with Crippen LogP contribution >= 0.6 is 11.8 Å². The highest BCUT2D eigenvalue weighted by Gasteiger charge is 2.18. The Morgan fingerprint density at radius 3 is 2.26 bits per heavy atom. The summed E-state index contributed by atoms with van der Waals surface area (Å²) < 4.78 is 18.4. The highest BCUT2D eigenvalue weighted by molar-refractivity contribution is 7.98. The minimum atomic E-state index is -0.365. The summed E-state index contributed by atoms with van der Waals surface area (Å²) in [4.78, 5) is 25.1. The maximum atomic E-state index is 13.0. The number of hydrogen-bond donors (Lipinski definition) is 2. The number of rotatable bonds is 7. The number of morpholine rings is 1. The van der Waals surface area contributed by atoms with Gasteiger partial charge < -0.3 is 9.64 Å². The monoisotopic (exact) mass is 441 g/mol. The van der Waals surface area contributed by atoms with Crippen molar-refractivity contribution in [3.63, 3.8) is 0 Å². The third-order valence-corrected chi connectivity index (χ3v) is 5.44. The van der Waals surface area contributed by atoms with Gasteiger partial charge >= 0.3 is 0 Å². The molecule has 2 N–H and O–H groups in total. The third-order valence-electron chi connectivity index (χ3n) is 4.72. The van der Waals surface area contributed by atoms with E-state index < -0.39 is 0 Å². The highest BCUT2D eigenvalue weighted by Crippen LogP contribution is 2.29. The van der Waals surface area contributed by atoms with Crippen LogP contribution in [-0.4, -0.2) is 47.5 Å². The van der Waals surface area contributed by atoms with Gasteiger partial charge in [0.05, 0.1) is 23.0 Å². The first kappa shape index (κ1) is 21.0. The van der Waals surface area contributed by atoms with Gasteiger partial charge in [-0.2, -0.15) is 0 Å². The van der Waals surface area contributed by atoms with E-state index in [1.807, 2.05) is 24.6 Å². The van der Waals surface area contributed by atoms with E-state index in [1.54, 1.807) is 23.9 Å². The van der Waals surface area contributed by atoms with Crippen molar-refractivity contribution >= 4 is 29.0 Å². The summed E-state index contributed by atoms with van der Waals surface area (Å²) in [6, 6.07) is 12.8.